The van der Waals surface area contributed by atoms with Gasteiger partial charge in [-0.15, -0.1) is 0 Å². The number of nitrogens with zero attached hydrogens (tertiary/aromatic N) is 2. The second kappa shape index (κ2) is 7.77. The van der Waals surface area contributed by atoms with Crippen LogP contribution < -0.4 is 0 Å². The Bertz CT molecular complexity index is 901. The molecule has 0 amide bonds. The van der Waals surface area contributed by atoms with E-state index in [1.54, 1.807) is 30.3 Å². The minimum absolute atomic E-state index is 0.0857. The number of ether oxygens (including phenoxy) is 1. The second-order valence-electron chi connectivity index (χ2n) is 5.37. The first-order valence-electron chi connectivity index (χ1n) is 7.60. The molecule has 1 heterocycles. The number of hydrogen-bond donors (Lipinski definition) is 0. The van der Waals surface area contributed by atoms with Gasteiger partial charge in [0.05, 0.1) is 0 Å². The summed E-state index contributed by atoms with van der Waals surface area (Å²) < 4.78 is 10.2. The summed E-state index contributed by atoms with van der Waals surface area (Å²) in [6.45, 7) is 1.90. The molecular weight excluding hydrogens is 340 g/mol. The zero-order valence-corrected chi connectivity index (χ0v) is 14.2. The van der Waals surface area contributed by atoms with E-state index < -0.39 is 5.97 Å². The quantitative estimate of drug-likeness (QED) is 0.500. The third-order valence-corrected chi connectivity index (χ3v) is 3.61. The lowest BCUT2D eigenvalue weighted by Crippen LogP contribution is -2.01. The van der Waals surface area contributed by atoms with E-state index >= 15 is 0 Å². The lowest BCUT2D eigenvalue weighted by atomic mass is 10.1. The van der Waals surface area contributed by atoms with Crippen LogP contribution in [0.15, 0.2) is 59.1 Å². The van der Waals surface area contributed by atoms with E-state index in [4.69, 9.17) is 20.9 Å². The molecule has 1 aromatic heterocycles. The molecule has 0 saturated heterocycles. The molecule has 0 unspecified atom stereocenters. The van der Waals surface area contributed by atoms with Crippen molar-refractivity contribution in [3.63, 3.8) is 0 Å². The zero-order chi connectivity index (χ0) is 17.6. The molecule has 0 spiro atoms. The molecule has 0 fully saturated rings. The Balaban J connectivity index is 1.56. The average Bonchev–Trinajstić information content (AvgIpc) is 3.08. The third kappa shape index (κ3) is 4.78. The fourth-order valence-corrected chi connectivity index (χ4v) is 2.27. The monoisotopic (exact) mass is 354 g/mol. The smallest absolute Gasteiger partial charge is 0.331 e. The van der Waals surface area contributed by atoms with Crippen LogP contribution in [-0.4, -0.2) is 16.1 Å². The lowest BCUT2D eigenvalue weighted by Gasteiger charge is -1.98. The Morgan fingerprint density at radius 1 is 1.24 bits per heavy atom. The van der Waals surface area contributed by atoms with E-state index in [1.165, 1.54) is 6.08 Å². The molecule has 0 aliphatic heterocycles. The maximum Gasteiger partial charge on any atom is 0.331 e. The van der Waals surface area contributed by atoms with Crippen LogP contribution in [0.2, 0.25) is 5.02 Å². The van der Waals surface area contributed by atoms with Crippen molar-refractivity contribution >= 4 is 23.6 Å². The van der Waals surface area contributed by atoms with Gasteiger partial charge in [-0.05, 0) is 42.8 Å². The minimum atomic E-state index is -0.479. The number of aryl methyl sites for hydroxylation is 1. The van der Waals surface area contributed by atoms with Gasteiger partial charge in [-0.2, -0.15) is 4.98 Å². The fourth-order valence-electron chi connectivity index (χ4n) is 2.15. The summed E-state index contributed by atoms with van der Waals surface area (Å²) in [5, 5.41) is 4.49. The molecule has 0 radical (unpaired) electrons. The van der Waals surface area contributed by atoms with Crippen molar-refractivity contribution in [1.82, 2.24) is 10.1 Å². The number of benzene rings is 2. The van der Waals surface area contributed by atoms with Crippen LogP contribution in [0, 0.1) is 6.92 Å². The SMILES string of the molecule is Cc1cccc(/C=C/C(=O)OCc2nc(-c3ccc(Cl)cc3)no2)c1. The zero-order valence-electron chi connectivity index (χ0n) is 13.5. The van der Waals surface area contributed by atoms with Crippen molar-refractivity contribution in [1.29, 1.82) is 0 Å². The van der Waals surface area contributed by atoms with Crippen LogP contribution in [0.4, 0.5) is 0 Å². The first-order valence-corrected chi connectivity index (χ1v) is 7.98. The molecule has 126 valence electrons. The van der Waals surface area contributed by atoms with Crippen molar-refractivity contribution in [2.75, 3.05) is 0 Å². The molecule has 5 nitrogen and oxygen atoms in total. The van der Waals surface area contributed by atoms with E-state index in [1.807, 2.05) is 31.2 Å². The molecule has 0 saturated carbocycles. The maximum absolute atomic E-state index is 11.8. The highest BCUT2D eigenvalue weighted by Crippen LogP contribution is 2.18. The lowest BCUT2D eigenvalue weighted by molar-refractivity contribution is -0.139. The summed E-state index contributed by atoms with van der Waals surface area (Å²) in [4.78, 5) is 16.0. The Labute approximate surface area is 149 Å². The molecule has 0 N–H and O–H groups in total. The van der Waals surface area contributed by atoms with Crippen LogP contribution >= 0.6 is 11.6 Å². The normalized spacial score (nSPS) is 11.0. The van der Waals surface area contributed by atoms with Gasteiger partial charge in [0.2, 0.25) is 5.82 Å². The average molecular weight is 355 g/mol. The van der Waals surface area contributed by atoms with E-state index in [0.717, 1.165) is 16.7 Å². The number of carbonyl (C=O) groups excluding carboxylic acids is 1. The number of hydrogen-bond acceptors (Lipinski definition) is 5. The van der Waals surface area contributed by atoms with Gasteiger partial charge in [0.25, 0.3) is 5.89 Å². The molecule has 2 aromatic carbocycles. The predicted molar refractivity (Wildman–Crippen MR) is 94.8 cm³/mol. The van der Waals surface area contributed by atoms with Gasteiger partial charge >= 0.3 is 5.97 Å². The van der Waals surface area contributed by atoms with Crippen molar-refractivity contribution in [3.05, 3.63) is 76.6 Å². The van der Waals surface area contributed by atoms with Crippen molar-refractivity contribution in [2.24, 2.45) is 0 Å². The predicted octanol–water partition coefficient (Wildman–Crippen LogP) is 4.46. The first kappa shape index (κ1) is 16.9. The Morgan fingerprint density at radius 3 is 2.80 bits per heavy atom. The number of aromatic nitrogens is 2. The first-order chi connectivity index (χ1) is 12.1. The molecule has 6 heteroatoms. The molecule has 3 aromatic rings. The largest absolute Gasteiger partial charge is 0.452 e. The van der Waals surface area contributed by atoms with Crippen molar-refractivity contribution in [3.8, 4) is 11.4 Å². The van der Waals surface area contributed by atoms with Gasteiger partial charge in [0.15, 0.2) is 6.61 Å². The summed E-state index contributed by atoms with van der Waals surface area (Å²) in [6.07, 6.45) is 3.06. The van der Waals surface area contributed by atoms with Crippen LogP contribution in [0.3, 0.4) is 0 Å². The van der Waals surface area contributed by atoms with Crippen molar-refractivity contribution in [2.45, 2.75) is 13.5 Å². The Kier molecular flexibility index (Phi) is 5.26. The summed E-state index contributed by atoms with van der Waals surface area (Å²) in [5.41, 5.74) is 2.82. The summed E-state index contributed by atoms with van der Waals surface area (Å²) in [7, 11) is 0. The molecular formula is C19H15ClN2O3. The topological polar surface area (TPSA) is 65.2 Å². The molecule has 0 aliphatic rings. The number of rotatable bonds is 5. The summed E-state index contributed by atoms with van der Waals surface area (Å²) in [6, 6.07) is 14.8. The molecule has 0 aliphatic carbocycles. The second-order valence-corrected chi connectivity index (χ2v) is 5.81. The van der Waals surface area contributed by atoms with E-state index in [9.17, 15) is 4.79 Å². The molecule has 0 atom stereocenters. The third-order valence-electron chi connectivity index (χ3n) is 3.36. The van der Waals surface area contributed by atoms with E-state index in [0.29, 0.717) is 10.8 Å². The number of carbonyl (C=O) groups is 1. The van der Waals surface area contributed by atoms with E-state index in [2.05, 4.69) is 10.1 Å². The minimum Gasteiger partial charge on any atom is -0.452 e. The van der Waals surface area contributed by atoms with Gasteiger partial charge in [-0.3, -0.25) is 0 Å². The van der Waals surface area contributed by atoms with Gasteiger partial charge in [-0.25, -0.2) is 4.79 Å². The Hall–Kier alpha value is -2.92. The van der Waals surface area contributed by atoms with Gasteiger partial charge in [-0.1, -0.05) is 46.6 Å². The van der Waals surface area contributed by atoms with Crippen LogP contribution in [0.25, 0.3) is 17.5 Å². The van der Waals surface area contributed by atoms with Crippen LogP contribution in [0.5, 0.6) is 0 Å². The summed E-state index contributed by atoms with van der Waals surface area (Å²) in [5.74, 6) is 0.160. The van der Waals surface area contributed by atoms with Gasteiger partial charge in [0, 0.05) is 16.7 Å². The molecule has 25 heavy (non-hydrogen) atoms. The van der Waals surface area contributed by atoms with E-state index in [-0.39, 0.29) is 12.5 Å². The Morgan fingerprint density at radius 2 is 2.04 bits per heavy atom. The van der Waals surface area contributed by atoms with Crippen molar-refractivity contribution < 1.29 is 14.1 Å². The standard InChI is InChI=1S/C19H15ClN2O3/c1-13-3-2-4-14(11-13)5-10-18(23)24-12-17-21-19(22-25-17)15-6-8-16(20)9-7-15/h2-11H,12H2,1H3/b10-5+. The highest BCUT2D eigenvalue weighted by Gasteiger charge is 2.10. The highest BCUT2D eigenvalue weighted by atomic mass is 35.5. The number of esters is 1. The highest BCUT2D eigenvalue weighted by molar-refractivity contribution is 6.30. The van der Waals surface area contributed by atoms with Crippen LogP contribution in [-0.2, 0) is 16.1 Å². The molecule has 0 bridgehead atoms. The van der Waals surface area contributed by atoms with Crippen LogP contribution in [0.1, 0.15) is 17.0 Å². The molecule has 3 rings (SSSR count). The van der Waals surface area contributed by atoms with Gasteiger partial charge < -0.3 is 9.26 Å². The number of halogens is 1. The van der Waals surface area contributed by atoms with Gasteiger partial charge in [0.1, 0.15) is 0 Å². The maximum atomic E-state index is 11.8. The fraction of sp³-hybridized carbons (Fsp3) is 0.105. The summed E-state index contributed by atoms with van der Waals surface area (Å²) >= 11 is 5.84.